The summed E-state index contributed by atoms with van der Waals surface area (Å²) in [7, 11) is 0. The summed E-state index contributed by atoms with van der Waals surface area (Å²) in [5.41, 5.74) is -0.639. The molecule has 0 aromatic carbocycles. The van der Waals surface area contributed by atoms with Crippen LogP contribution in [0.2, 0.25) is 0 Å². The summed E-state index contributed by atoms with van der Waals surface area (Å²) in [5, 5.41) is 0. The second kappa shape index (κ2) is 5.19. The first-order chi connectivity index (χ1) is 6.75. The van der Waals surface area contributed by atoms with Crippen LogP contribution in [-0.4, -0.2) is 17.3 Å². The molecule has 0 bridgehead atoms. The van der Waals surface area contributed by atoms with Crippen molar-refractivity contribution in [1.82, 2.24) is 0 Å². The van der Waals surface area contributed by atoms with Gasteiger partial charge >= 0.3 is 0 Å². The van der Waals surface area contributed by atoms with Crippen molar-refractivity contribution >= 4 is 17.3 Å². The smallest absolute Gasteiger partial charge is 0.156 e. The SMILES string of the molecule is CCC(=O)C(C(=O)CC)C(=O)C(C)(C)C. The molecular formula is C12H20O3. The average molecular weight is 212 g/mol. The Balaban J connectivity index is 5.04. The standard InChI is InChI=1S/C12H20O3/c1-6-8(13)10(9(14)7-2)11(15)12(3,4)5/h10H,6-7H2,1-5H3. The van der Waals surface area contributed by atoms with E-state index in [4.69, 9.17) is 0 Å². The lowest BCUT2D eigenvalue weighted by Gasteiger charge is -2.22. The molecule has 0 saturated heterocycles. The minimum absolute atomic E-state index is 0.234. The molecule has 0 rings (SSSR count). The van der Waals surface area contributed by atoms with Crippen LogP contribution in [0, 0.1) is 11.3 Å². The van der Waals surface area contributed by atoms with Gasteiger partial charge in [-0.25, -0.2) is 0 Å². The van der Waals surface area contributed by atoms with Gasteiger partial charge in [-0.1, -0.05) is 34.6 Å². The van der Waals surface area contributed by atoms with Gasteiger partial charge in [-0.15, -0.1) is 0 Å². The maximum atomic E-state index is 11.9. The highest BCUT2D eigenvalue weighted by Crippen LogP contribution is 2.23. The number of rotatable bonds is 5. The van der Waals surface area contributed by atoms with Crippen molar-refractivity contribution in [2.45, 2.75) is 47.5 Å². The highest BCUT2D eigenvalue weighted by molar-refractivity contribution is 6.20. The summed E-state index contributed by atoms with van der Waals surface area (Å²) in [6.07, 6.45) is 0.469. The minimum atomic E-state index is -1.04. The van der Waals surface area contributed by atoms with Crippen molar-refractivity contribution in [3.63, 3.8) is 0 Å². The molecule has 3 heteroatoms. The molecule has 0 heterocycles. The number of carbonyl (C=O) groups is 3. The third-order valence-corrected chi connectivity index (χ3v) is 2.34. The molecule has 0 aliphatic carbocycles. The molecule has 0 radical (unpaired) electrons. The van der Waals surface area contributed by atoms with Gasteiger partial charge in [-0.3, -0.25) is 14.4 Å². The van der Waals surface area contributed by atoms with Crippen molar-refractivity contribution in [3.05, 3.63) is 0 Å². The number of hydrogen-bond acceptors (Lipinski definition) is 3. The summed E-state index contributed by atoms with van der Waals surface area (Å²) in [4.78, 5) is 35.0. The van der Waals surface area contributed by atoms with Gasteiger partial charge < -0.3 is 0 Å². The van der Waals surface area contributed by atoms with E-state index in [0.717, 1.165) is 0 Å². The Labute approximate surface area is 91.2 Å². The van der Waals surface area contributed by atoms with Gasteiger partial charge in [0.1, 0.15) is 5.92 Å². The topological polar surface area (TPSA) is 51.2 Å². The molecule has 0 aliphatic rings. The van der Waals surface area contributed by atoms with Gasteiger partial charge in [0, 0.05) is 18.3 Å². The van der Waals surface area contributed by atoms with E-state index in [1.54, 1.807) is 34.6 Å². The highest BCUT2D eigenvalue weighted by atomic mass is 16.2. The maximum Gasteiger partial charge on any atom is 0.156 e. The molecule has 0 unspecified atom stereocenters. The third-order valence-electron chi connectivity index (χ3n) is 2.34. The zero-order valence-electron chi connectivity index (χ0n) is 10.2. The number of ketones is 3. The van der Waals surface area contributed by atoms with E-state index in [9.17, 15) is 14.4 Å². The Hall–Kier alpha value is -0.990. The molecule has 0 aromatic rings. The fraction of sp³-hybridized carbons (Fsp3) is 0.750. The van der Waals surface area contributed by atoms with Crippen molar-refractivity contribution in [2.24, 2.45) is 11.3 Å². The summed E-state index contributed by atoms with van der Waals surface area (Å²) >= 11 is 0. The minimum Gasteiger partial charge on any atom is -0.298 e. The van der Waals surface area contributed by atoms with Gasteiger partial charge in [0.25, 0.3) is 0 Å². The Morgan fingerprint density at radius 3 is 1.47 bits per heavy atom. The maximum absolute atomic E-state index is 11.9. The number of hydrogen-bond donors (Lipinski definition) is 0. The quantitative estimate of drug-likeness (QED) is 0.656. The third kappa shape index (κ3) is 3.57. The lowest BCUT2D eigenvalue weighted by atomic mass is 9.78. The zero-order chi connectivity index (χ0) is 12.2. The molecule has 0 spiro atoms. The largest absolute Gasteiger partial charge is 0.298 e. The molecule has 0 amide bonds. The van der Waals surface area contributed by atoms with Crippen LogP contribution in [0.3, 0.4) is 0 Å². The van der Waals surface area contributed by atoms with Crippen LogP contribution in [0.5, 0.6) is 0 Å². The molecule has 0 aromatic heterocycles. The van der Waals surface area contributed by atoms with Gasteiger partial charge in [0.05, 0.1) is 0 Å². The van der Waals surface area contributed by atoms with Crippen LogP contribution in [0.1, 0.15) is 47.5 Å². The molecular weight excluding hydrogens is 192 g/mol. The molecule has 15 heavy (non-hydrogen) atoms. The van der Waals surface area contributed by atoms with E-state index in [0.29, 0.717) is 0 Å². The molecule has 86 valence electrons. The fourth-order valence-corrected chi connectivity index (χ4v) is 1.31. The van der Waals surface area contributed by atoms with E-state index in [1.807, 2.05) is 0 Å². The van der Waals surface area contributed by atoms with Gasteiger partial charge in [-0.2, -0.15) is 0 Å². The lowest BCUT2D eigenvalue weighted by molar-refractivity contribution is -0.143. The van der Waals surface area contributed by atoms with E-state index < -0.39 is 11.3 Å². The van der Waals surface area contributed by atoms with Crippen LogP contribution >= 0.6 is 0 Å². The van der Waals surface area contributed by atoms with E-state index in [-0.39, 0.29) is 30.2 Å². The van der Waals surface area contributed by atoms with E-state index in [1.165, 1.54) is 0 Å². The molecule has 0 atom stereocenters. The summed E-state index contributed by atoms with van der Waals surface area (Å²) < 4.78 is 0. The van der Waals surface area contributed by atoms with Crippen LogP contribution in [0.4, 0.5) is 0 Å². The van der Waals surface area contributed by atoms with Crippen molar-refractivity contribution in [3.8, 4) is 0 Å². The Kier molecular flexibility index (Phi) is 4.85. The average Bonchev–Trinajstić information content (AvgIpc) is 2.15. The van der Waals surface area contributed by atoms with Crippen LogP contribution < -0.4 is 0 Å². The molecule has 0 saturated carbocycles. The molecule has 0 aliphatic heterocycles. The zero-order valence-corrected chi connectivity index (χ0v) is 10.2. The fourth-order valence-electron chi connectivity index (χ4n) is 1.31. The van der Waals surface area contributed by atoms with Crippen molar-refractivity contribution < 1.29 is 14.4 Å². The van der Waals surface area contributed by atoms with Gasteiger partial charge in [-0.05, 0) is 0 Å². The first-order valence-electron chi connectivity index (χ1n) is 5.35. The van der Waals surface area contributed by atoms with Gasteiger partial charge in [0.2, 0.25) is 0 Å². The van der Waals surface area contributed by atoms with E-state index in [2.05, 4.69) is 0 Å². The lowest BCUT2D eigenvalue weighted by Crippen LogP contribution is -2.38. The molecule has 0 N–H and O–H groups in total. The second-order valence-electron chi connectivity index (χ2n) is 4.69. The Morgan fingerprint density at radius 1 is 0.933 bits per heavy atom. The van der Waals surface area contributed by atoms with E-state index >= 15 is 0 Å². The van der Waals surface area contributed by atoms with Crippen LogP contribution in [0.25, 0.3) is 0 Å². The second-order valence-corrected chi connectivity index (χ2v) is 4.69. The summed E-state index contributed by atoms with van der Waals surface area (Å²) in [6, 6.07) is 0. The predicted molar refractivity (Wildman–Crippen MR) is 58.5 cm³/mol. The normalized spacial score (nSPS) is 11.6. The Bertz CT molecular complexity index is 255. The van der Waals surface area contributed by atoms with Crippen LogP contribution in [-0.2, 0) is 14.4 Å². The monoisotopic (exact) mass is 212 g/mol. The predicted octanol–water partition coefficient (Wildman–Crippen LogP) is 2.18. The highest BCUT2D eigenvalue weighted by Gasteiger charge is 2.37. The summed E-state index contributed by atoms with van der Waals surface area (Å²) in [5.74, 6) is -1.83. The molecule has 0 fully saturated rings. The molecule has 3 nitrogen and oxygen atoms in total. The Morgan fingerprint density at radius 2 is 1.27 bits per heavy atom. The number of Topliss-reactive ketones (excluding diaryl/α,β-unsaturated/α-hetero) is 3. The summed E-state index contributed by atoms with van der Waals surface area (Å²) in [6.45, 7) is 8.54. The van der Waals surface area contributed by atoms with Crippen molar-refractivity contribution in [1.29, 1.82) is 0 Å². The van der Waals surface area contributed by atoms with Crippen molar-refractivity contribution in [2.75, 3.05) is 0 Å². The number of carbonyl (C=O) groups excluding carboxylic acids is 3. The van der Waals surface area contributed by atoms with Gasteiger partial charge in [0.15, 0.2) is 17.3 Å². The van der Waals surface area contributed by atoms with Crippen LogP contribution in [0.15, 0.2) is 0 Å². The first-order valence-corrected chi connectivity index (χ1v) is 5.35. The first kappa shape index (κ1) is 14.0.